The van der Waals surface area contributed by atoms with Gasteiger partial charge in [0.1, 0.15) is 0 Å². The van der Waals surface area contributed by atoms with Crippen molar-refractivity contribution in [1.82, 2.24) is 10.3 Å². The number of nitrogens with zero attached hydrogens (tertiary/aromatic N) is 1. The van der Waals surface area contributed by atoms with Gasteiger partial charge in [-0.05, 0) is 47.5 Å². The van der Waals surface area contributed by atoms with Crippen LogP contribution in [0.15, 0.2) is 54.2 Å². The van der Waals surface area contributed by atoms with Crippen molar-refractivity contribution < 1.29 is 0 Å². The molecule has 0 radical (unpaired) electrons. The fourth-order valence-electron chi connectivity index (χ4n) is 2.41. The lowest BCUT2D eigenvalue weighted by molar-refractivity contribution is 0.596. The summed E-state index contributed by atoms with van der Waals surface area (Å²) >= 11 is 1.81. The predicted molar refractivity (Wildman–Crippen MR) is 81.6 cm³/mol. The summed E-state index contributed by atoms with van der Waals surface area (Å²) < 4.78 is 1.38. The van der Waals surface area contributed by atoms with Gasteiger partial charge in [-0.3, -0.25) is 4.98 Å². The minimum atomic E-state index is 0.326. The molecule has 1 aromatic carbocycles. The van der Waals surface area contributed by atoms with Gasteiger partial charge in [0.05, 0.1) is 0 Å². The Bertz CT molecular complexity index is 661. The Morgan fingerprint density at radius 3 is 2.95 bits per heavy atom. The molecule has 0 saturated carbocycles. The first-order chi connectivity index (χ1) is 9.38. The SMILES string of the molecule is CNC(Cc1cccnc1)c1cccc2ccsc12. The second-order valence-corrected chi connectivity index (χ2v) is 5.51. The standard InChI is InChI=1S/C16H16N2S/c1-17-15(10-12-4-3-8-18-11-12)14-6-2-5-13-7-9-19-16(13)14/h2-9,11,15,17H,10H2,1H3. The molecule has 0 aliphatic carbocycles. The van der Waals surface area contributed by atoms with Gasteiger partial charge in [-0.15, -0.1) is 11.3 Å². The topological polar surface area (TPSA) is 24.9 Å². The predicted octanol–water partition coefficient (Wildman–Crippen LogP) is 3.80. The lowest BCUT2D eigenvalue weighted by Crippen LogP contribution is -2.18. The summed E-state index contributed by atoms with van der Waals surface area (Å²) in [6, 6.07) is 13.2. The fraction of sp³-hybridized carbons (Fsp3) is 0.188. The van der Waals surface area contributed by atoms with Crippen LogP contribution in [0.4, 0.5) is 0 Å². The summed E-state index contributed by atoms with van der Waals surface area (Å²) in [6.07, 6.45) is 4.72. The van der Waals surface area contributed by atoms with Crippen molar-refractivity contribution in [2.45, 2.75) is 12.5 Å². The summed E-state index contributed by atoms with van der Waals surface area (Å²) in [4.78, 5) is 4.19. The van der Waals surface area contributed by atoms with Gasteiger partial charge in [-0.1, -0.05) is 24.3 Å². The van der Waals surface area contributed by atoms with E-state index >= 15 is 0 Å². The number of aromatic nitrogens is 1. The normalized spacial score (nSPS) is 12.7. The third-order valence-corrected chi connectivity index (χ3v) is 4.38. The molecule has 1 N–H and O–H groups in total. The van der Waals surface area contributed by atoms with E-state index < -0.39 is 0 Å². The van der Waals surface area contributed by atoms with E-state index in [1.54, 1.807) is 0 Å². The van der Waals surface area contributed by atoms with E-state index in [1.165, 1.54) is 21.2 Å². The minimum Gasteiger partial charge on any atom is -0.313 e. The summed E-state index contributed by atoms with van der Waals surface area (Å²) in [5.41, 5.74) is 2.63. The third-order valence-electron chi connectivity index (χ3n) is 3.40. The van der Waals surface area contributed by atoms with E-state index in [9.17, 15) is 0 Å². The summed E-state index contributed by atoms with van der Waals surface area (Å²) in [7, 11) is 2.02. The molecule has 19 heavy (non-hydrogen) atoms. The van der Waals surface area contributed by atoms with Crippen LogP contribution in [0.3, 0.4) is 0 Å². The number of thiophene rings is 1. The highest BCUT2D eigenvalue weighted by Gasteiger charge is 2.13. The average Bonchev–Trinajstić information content (AvgIpc) is 2.94. The number of hydrogen-bond donors (Lipinski definition) is 1. The molecule has 0 fully saturated rings. The molecule has 3 rings (SSSR count). The number of hydrogen-bond acceptors (Lipinski definition) is 3. The van der Waals surface area contributed by atoms with Gasteiger partial charge in [-0.25, -0.2) is 0 Å². The van der Waals surface area contributed by atoms with Gasteiger partial charge in [0.15, 0.2) is 0 Å². The molecular formula is C16H16N2S. The van der Waals surface area contributed by atoms with Crippen LogP contribution >= 0.6 is 11.3 Å². The second kappa shape index (κ2) is 5.51. The maximum absolute atomic E-state index is 4.19. The summed E-state index contributed by atoms with van der Waals surface area (Å²) in [5, 5.41) is 6.91. The van der Waals surface area contributed by atoms with E-state index in [4.69, 9.17) is 0 Å². The lowest BCUT2D eigenvalue weighted by atomic mass is 9.99. The van der Waals surface area contributed by atoms with Crippen LogP contribution in [0.2, 0.25) is 0 Å². The van der Waals surface area contributed by atoms with Crippen molar-refractivity contribution in [3.63, 3.8) is 0 Å². The monoisotopic (exact) mass is 268 g/mol. The molecule has 3 heteroatoms. The number of benzene rings is 1. The first-order valence-corrected chi connectivity index (χ1v) is 7.29. The van der Waals surface area contributed by atoms with E-state index in [-0.39, 0.29) is 0 Å². The van der Waals surface area contributed by atoms with Crippen molar-refractivity contribution in [1.29, 1.82) is 0 Å². The first kappa shape index (κ1) is 12.3. The van der Waals surface area contributed by atoms with E-state index in [1.807, 2.05) is 36.8 Å². The zero-order valence-corrected chi connectivity index (χ0v) is 11.7. The van der Waals surface area contributed by atoms with E-state index in [0.29, 0.717) is 6.04 Å². The Kier molecular flexibility index (Phi) is 3.58. The van der Waals surface area contributed by atoms with Crippen LogP contribution in [0.5, 0.6) is 0 Å². The number of likely N-dealkylation sites (N-methyl/N-ethyl adjacent to an activating group) is 1. The van der Waals surface area contributed by atoms with Crippen molar-refractivity contribution in [2.75, 3.05) is 7.05 Å². The first-order valence-electron chi connectivity index (χ1n) is 6.41. The van der Waals surface area contributed by atoms with Gasteiger partial charge < -0.3 is 5.32 Å². The van der Waals surface area contributed by atoms with Crippen molar-refractivity contribution >= 4 is 21.4 Å². The lowest BCUT2D eigenvalue weighted by Gasteiger charge is -2.17. The Hall–Kier alpha value is -1.71. The molecule has 1 atom stereocenters. The molecule has 0 spiro atoms. The van der Waals surface area contributed by atoms with Crippen molar-refractivity contribution in [2.24, 2.45) is 0 Å². The maximum Gasteiger partial charge on any atom is 0.0390 e. The van der Waals surface area contributed by atoms with Crippen LogP contribution in [0, 0.1) is 0 Å². The molecule has 0 aliphatic heterocycles. The highest BCUT2D eigenvalue weighted by molar-refractivity contribution is 7.17. The van der Waals surface area contributed by atoms with Crippen LogP contribution in [0.25, 0.3) is 10.1 Å². The molecular weight excluding hydrogens is 252 g/mol. The summed E-state index contributed by atoms with van der Waals surface area (Å²) in [5.74, 6) is 0. The van der Waals surface area contributed by atoms with Crippen molar-refractivity contribution in [3.05, 3.63) is 65.3 Å². The molecule has 0 aliphatic rings. The fourth-order valence-corrected chi connectivity index (χ4v) is 3.38. The van der Waals surface area contributed by atoms with Gasteiger partial charge in [-0.2, -0.15) is 0 Å². The molecule has 1 unspecified atom stereocenters. The molecule has 0 saturated heterocycles. The quantitative estimate of drug-likeness (QED) is 0.778. The molecule has 2 aromatic heterocycles. The van der Waals surface area contributed by atoms with Gasteiger partial charge in [0.2, 0.25) is 0 Å². The van der Waals surface area contributed by atoms with Gasteiger partial charge >= 0.3 is 0 Å². The van der Waals surface area contributed by atoms with Crippen LogP contribution in [0.1, 0.15) is 17.2 Å². The van der Waals surface area contributed by atoms with Crippen LogP contribution in [-0.4, -0.2) is 12.0 Å². The second-order valence-electron chi connectivity index (χ2n) is 4.59. The van der Waals surface area contributed by atoms with Crippen molar-refractivity contribution in [3.8, 4) is 0 Å². The number of fused-ring (bicyclic) bond motifs is 1. The highest BCUT2D eigenvalue weighted by Crippen LogP contribution is 2.30. The number of nitrogens with one attached hydrogen (secondary N) is 1. The smallest absolute Gasteiger partial charge is 0.0390 e. The zero-order valence-electron chi connectivity index (χ0n) is 10.8. The molecule has 3 aromatic rings. The minimum absolute atomic E-state index is 0.326. The molecule has 96 valence electrons. The Balaban J connectivity index is 1.96. The highest BCUT2D eigenvalue weighted by atomic mass is 32.1. The molecule has 0 amide bonds. The third kappa shape index (κ3) is 2.53. The molecule has 2 heterocycles. The van der Waals surface area contributed by atoms with Gasteiger partial charge in [0.25, 0.3) is 0 Å². The van der Waals surface area contributed by atoms with Crippen LogP contribution < -0.4 is 5.32 Å². The van der Waals surface area contributed by atoms with Crippen LogP contribution in [-0.2, 0) is 6.42 Å². The molecule has 2 nitrogen and oxygen atoms in total. The number of rotatable bonds is 4. The number of pyridine rings is 1. The Morgan fingerprint density at radius 1 is 1.21 bits per heavy atom. The Morgan fingerprint density at radius 2 is 2.16 bits per heavy atom. The summed E-state index contributed by atoms with van der Waals surface area (Å²) in [6.45, 7) is 0. The van der Waals surface area contributed by atoms with E-state index in [0.717, 1.165) is 6.42 Å². The van der Waals surface area contributed by atoms with Gasteiger partial charge in [0, 0.05) is 23.1 Å². The maximum atomic E-state index is 4.19. The average molecular weight is 268 g/mol. The Labute approximate surface area is 117 Å². The molecule has 0 bridgehead atoms. The van der Waals surface area contributed by atoms with E-state index in [2.05, 4.69) is 46.0 Å². The zero-order chi connectivity index (χ0) is 13.1. The largest absolute Gasteiger partial charge is 0.313 e.